The highest BCUT2D eigenvalue weighted by Gasteiger charge is 1.99. The third-order valence-corrected chi connectivity index (χ3v) is 4.27. The van der Waals surface area contributed by atoms with Gasteiger partial charge in [0.2, 0.25) is 0 Å². The Kier molecular flexibility index (Phi) is 17.5. The van der Waals surface area contributed by atoms with Crippen molar-refractivity contribution in [2.24, 2.45) is 0 Å². The fourth-order valence-electron chi connectivity index (χ4n) is 2.65. The topological polar surface area (TPSA) is 20.2 Å². The van der Waals surface area contributed by atoms with Crippen LogP contribution in [0.1, 0.15) is 110 Å². The van der Waals surface area contributed by atoms with Gasteiger partial charge in [-0.3, -0.25) is 0 Å². The van der Waals surface area contributed by atoms with Crippen molar-refractivity contribution in [1.82, 2.24) is 0 Å². The molecule has 1 atom stereocenters. The lowest BCUT2D eigenvalue weighted by Gasteiger charge is -2.06. The Hall–Kier alpha value is -0.300. The minimum absolute atomic E-state index is 0.0603. The number of aliphatic hydroxyl groups excluding tert-OH is 1. The molecule has 0 aliphatic heterocycles. The molecule has 0 rings (SSSR count). The highest BCUT2D eigenvalue weighted by atomic mass is 16.3. The van der Waals surface area contributed by atoms with Crippen LogP contribution in [0.3, 0.4) is 0 Å². The van der Waals surface area contributed by atoms with E-state index in [1.165, 1.54) is 83.5 Å². The van der Waals surface area contributed by atoms with E-state index in [-0.39, 0.29) is 6.10 Å². The summed E-state index contributed by atoms with van der Waals surface area (Å²) in [5, 5.41) is 9.45. The van der Waals surface area contributed by atoms with Gasteiger partial charge in [-0.15, -0.1) is 0 Å². The Labute approximate surface area is 134 Å². The van der Waals surface area contributed by atoms with Crippen LogP contribution in [0.5, 0.6) is 0 Å². The van der Waals surface area contributed by atoms with Crippen LogP contribution < -0.4 is 0 Å². The van der Waals surface area contributed by atoms with E-state index < -0.39 is 0 Å². The Bertz CT molecular complexity index is 210. The summed E-state index contributed by atoms with van der Waals surface area (Å²) in [6.45, 7) is 4.33. The van der Waals surface area contributed by atoms with Gasteiger partial charge in [0.25, 0.3) is 0 Å². The molecule has 0 saturated carbocycles. The zero-order valence-corrected chi connectivity index (χ0v) is 14.8. The Morgan fingerprint density at radius 2 is 1.14 bits per heavy atom. The molecule has 0 saturated heterocycles. The lowest BCUT2D eigenvalue weighted by atomic mass is 10.1. The molecule has 0 spiro atoms. The molecule has 0 bridgehead atoms. The van der Waals surface area contributed by atoms with E-state index in [4.69, 9.17) is 0 Å². The maximum Gasteiger partial charge on any atom is 0.0537 e. The maximum atomic E-state index is 9.45. The van der Waals surface area contributed by atoms with Gasteiger partial charge in [0, 0.05) is 0 Å². The van der Waals surface area contributed by atoms with E-state index in [2.05, 4.69) is 26.0 Å². The molecule has 126 valence electrons. The van der Waals surface area contributed by atoms with Gasteiger partial charge in [-0.25, -0.2) is 0 Å². The highest BCUT2D eigenvalue weighted by Crippen LogP contribution is 2.11. The standard InChI is InChI=1S/C20H40O/c1-3-5-6-7-8-9-10-11-12-13-14-15-16-17-18-19-20(21)4-2/h11-12,20-21H,3-10,13-19H2,1-2H3. The van der Waals surface area contributed by atoms with Crippen molar-refractivity contribution in [3.63, 3.8) is 0 Å². The number of hydrogen-bond donors (Lipinski definition) is 1. The number of rotatable bonds is 16. The van der Waals surface area contributed by atoms with Gasteiger partial charge in [-0.05, 0) is 38.5 Å². The van der Waals surface area contributed by atoms with Crippen LogP contribution in [-0.4, -0.2) is 11.2 Å². The first kappa shape index (κ1) is 20.7. The molecule has 21 heavy (non-hydrogen) atoms. The Morgan fingerprint density at radius 3 is 1.67 bits per heavy atom. The van der Waals surface area contributed by atoms with Crippen LogP contribution in [-0.2, 0) is 0 Å². The van der Waals surface area contributed by atoms with Crippen LogP contribution in [0.25, 0.3) is 0 Å². The van der Waals surface area contributed by atoms with Crippen molar-refractivity contribution >= 4 is 0 Å². The molecule has 1 heteroatoms. The fourth-order valence-corrected chi connectivity index (χ4v) is 2.65. The smallest absolute Gasteiger partial charge is 0.0537 e. The van der Waals surface area contributed by atoms with Gasteiger partial charge >= 0.3 is 0 Å². The summed E-state index contributed by atoms with van der Waals surface area (Å²) >= 11 is 0. The summed E-state index contributed by atoms with van der Waals surface area (Å²) in [5.41, 5.74) is 0. The van der Waals surface area contributed by atoms with E-state index in [1.54, 1.807) is 0 Å². The maximum absolute atomic E-state index is 9.45. The van der Waals surface area contributed by atoms with Gasteiger partial charge in [-0.1, -0.05) is 83.8 Å². The number of allylic oxidation sites excluding steroid dienone is 2. The van der Waals surface area contributed by atoms with Gasteiger partial charge in [0.05, 0.1) is 6.10 Å². The third-order valence-electron chi connectivity index (χ3n) is 4.27. The molecule has 0 radical (unpaired) electrons. The molecule has 0 aliphatic rings. The summed E-state index contributed by atoms with van der Waals surface area (Å²) in [6.07, 6.45) is 24.0. The summed E-state index contributed by atoms with van der Waals surface area (Å²) in [7, 11) is 0. The second-order valence-corrected chi connectivity index (χ2v) is 6.44. The lowest BCUT2D eigenvalue weighted by molar-refractivity contribution is 0.156. The number of aliphatic hydroxyl groups is 1. The zero-order valence-electron chi connectivity index (χ0n) is 14.8. The second-order valence-electron chi connectivity index (χ2n) is 6.44. The first-order chi connectivity index (χ1) is 10.3. The minimum Gasteiger partial charge on any atom is -0.393 e. The summed E-state index contributed by atoms with van der Waals surface area (Å²) in [4.78, 5) is 0. The molecule has 0 aliphatic carbocycles. The minimum atomic E-state index is -0.0603. The molecule has 0 aromatic heterocycles. The van der Waals surface area contributed by atoms with Crippen molar-refractivity contribution in [3.05, 3.63) is 12.2 Å². The van der Waals surface area contributed by atoms with Gasteiger partial charge in [-0.2, -0.15) is 0 Å². The van der Waals surface area contributed by atoms with Gasteiger partial charge in [0.1, 0.15) is 0 Å². The molecule has 1 N–H and O–H groups in total. The zero-order chi connectivity index (χ0) is 15.6. The van der Waals surface area contributed by atoms with E-state index in [1.807, 2.05) is 0 Å². The van der Waals surface area contributed by atoms with Crippen molar-refractivity contribution in [1.29, 1.82) is 0 Å². The van der Waals surface area contributed by atoms with Crippen LogP contribution in [0.4, 0.5) is 0 Å². The molecule has 0 amide bonds. The van der Waals surface area contributed by atoms with Gasteiger partial charge < -0.3 is 5.11 Å². The molecule has 0 heterocycles. The highest BCUT2D eigenvalue weighted by molar-refractivity contribution is 4.81. The van der Waals surface area contributed by atoms with Crippen molar-refractivity contribution in [2.75, 3.05) is 0 Å². The van der Waals surface area contributed by atoms with Gasteiger partial charge in [0.15, 0.2) is 0 Å². The fraction of sp³-hybridized carbons (Fsp3) is 0.900. The van der Waals surface area contributed by atoms with E-state index in [0.717, 1.165) is 12.8 Å². The predicted octanol–water partition coefficient (Wildman–Crippen LogP) is 6.79. The SMILES string of the molecule is CCCCCCCCC=CCCCCCCCC(O)CC. The summed E-state index contributed by atoms with van der Waals surface area (Å²) in [6, 6.07) is 0. The Balaban J connectivity index is 3.08. The quantitative estimate of drug-likeness (QED) is 0.245. The average molecular weight is 297 g/mol. The molecular formula is C20H40O. The predicted molar refractivity (Wildman–Crippen MR) is 95.7 cm³/mol. The van der Waals surface area contributed by atoms with E-state index >= 15 is 0 Å². The van der Waals surface area contributed by atoms with Crippen LogP contribution in [0.15, 0.2) is 12.2 Å². The van der Waals surface area contributed by atoms with Crippen LogP contribution in [0, 0.1) is 0 Å². The normalized spacial score (nSPS) is 13.1. The molecule has 1 unspecified atom stereocenters. The molecule has 0 fully saturated rings. The Morgan fingerprint density at radius 1 is 0.667 bits per heavy atom. The first-order valence-electron chi connectivity index (χ1n) is 9.64. The van der Waals surface area contributed by atoms with Crippen molar-refractivity contribution < 1.29 is 5.11 Å². The molecule has 0 aromatic rings. The first-order valence-corrected chi connectivity index (χ1v) is 9.64. The van der Waals surface area contributed by atoms with Crippen LogP contribution in [0.2, 0.25) is 0 Å². The van der Waals surface area contributed by atoms with Crippen LogP contribution >= 0.6 is 0 Å². The second kappa shape index (κ2) is 17.8. The monoisotopic (exact) mass is 296 g/mol. The molecule has 0 aromatic carbocycles. The van der Waals surface area contributed by atoms with Crippen molar-refractivity contribution in [2.45, 2.75) is 116 Å². The molecule has 1 nitrogen and oxygen atoms in total. The summed E-state index contributed by atoms with van der Waals surface area (Å²) in [5.74, 6) is 0. The van der Waals surface area contributed by atoms with Crippen molar-refractivity contribution in [3.8, 4) is 0 Å². The van der Waals surface area contributed by atoms with E-state index in [0.29, 0.717) is 0 Å². The largest absolute Gasteiger partial charge is 0.393 e. The number of unbranched alkanes of at least 4 members (excludes halogenated alkanes) is 11. The summed E-state index contributed by atoms with van der Waals surface area (Å²) < 4.78 is 0. The van der Waals surface area contributed by atoms with E-state index in [9.17, 15) is 5.11 Å². The lowest BCUT2D eigenvalue weighted by Crippen LogP contribution is -2.03. The third kappa shape index (κ3) is 17.6. The molecular weight excluding hydrogens is 256 g/mol. The number of hydrogen-bond acceptors (Lipinski definition) is 1. The average Bonchev–Trinajstić information content (AvgIpc) is 2.50.